The molecule has 4 heteroatoms. The van der Waals surface area contributed by atoms with Gasteiger partial charge in [-0.1, -0.05) is 24.6 Å². The third kappa shape index (κ3) is 1.79. The quantitative estimate of drug-likeness (QED) is 0.908. The highest BCUT2D eigenvalue weighted by molar-refractivity contribution is 8.00. The van der Waals surface area contributed by atoms with Crippen molar-refractivity contribution in [2.75, 3.05) is 11.5 Å². The van der Waals surface area contributed by atoms with Crippen LogP contribution in [0.15, 0.2) is 24.3 Å². The molecule has 0 amide bonds. The van der Waals surface area contributed by atoms with Crippen LogP contribution in [0.25, 0.3) is 0 Å². The number of hydrogen-bond donors (Lipinski definition) is 1. The van der Waals surface area contributed by atoms with E-state index in [4.69, 9.17) is 4.74 Å². The molecule has 96 valence electrons. The van der Waals surface area contributed by atoms with E-state index < -0.39 is 11.4 Å². The molecule has 0 unspecified atom stereocenters. The lowest BCUT2D eigenvalue weighted by molar-refractivity contribution is -0.147. The molecule has 3 rings (SSSR count). The van der Waals surface area contributed by atoms with E-state index in [1.54, 1.807) is 0 Å². The van der Waals surface area contributed by atoms with Crippen LogP contribution in [0.2, 0.25) is 0 Å². The van der Waals surface area contributed by atoms with Gasteiger partial charge in [-0.25, -0.2) is 0 Å². The molecule has 1 aromatic carbocycles. The summed E-state index contributed by atoms with van der Waals surface area (Å²) in [6, 6.07) is 7.63. The lowest BCUT2D eigenvalue weighted by Crippen LogP contribution is -2.43. The molecular formula is C14H16O3S. The van der Waals surface area contributed by atoms with Gasteiger partial charge in [0.25, 0.3) is 0 Å². The Morgan fingerprint density at radius 2 is 2.06 bits per heavy atom. The Morgan fingerprint density at radius 1 is 1.33 bits per heavy atom. The largest absolute Gasteiger partial charge is 0.488 e. The van der Waals surface area contributed by atoms with E-state index in [-0.39, 0.29) is 6.10 Å². The van der Waals surface area contributed by atoms with E-state index >= 15 is 0 Å². The molecule has 1 aromatic rings. The number of hydrogen-bond acceptors (Lipinski definition) is 3. The van der Waals surface area contributed by atoms with Gasteiger partial charge in [0.2, 0.25) is 0 Å². The van der Waals surface area contributed by atoms with Gasteiger partial charge >= 0.3 is 5.97 Å². The topological polar surface area (TPSA) is 46.5 Å². The maximum atomic E-state index is 11.6. The lowest BCUT2D eigenvalue weighted by Gasteiger charge is -2.39. The summed E-state index contributed by atoms with van der Waals surface area (Å²) in [7, 11) is 0. The minimum Gasteiger partial charge on any atom is -0.488 e. The fourth-order valence-electron chi connectivity index (χ4n) is 2.56. The van der Waals surface area contributed by atoms with Gasteiger partial charge in [0.15, 0.2) is 0 Å². The van der Waals surface area contributed by atoms with Crippen LogP contribution in [0.3, 0.4) is 0 Å². The van der Waals surface area contributed by atoms with Crippen LogP contribution in [0.1, 0.15) is 24.8 Å². The molecule has 0 spiro atoms. The van der Waals surface area contributed by atoms with E-state index in [0.717, 1.165) is 42.1 Å². The Morgan fingerprint density at radius 3 is 2.56 bits per heavy atom. The van der Waals surface area contributed by atoms with Crippen molar-refractivity contribution in [3.8, 4) is 5.75 Å². The number of carboxylic acid groups (broad SMARTS) is 1. The zero-order chi connectivity index (χ0) is 12.6. The predicted octanol–water partition coefficient (Wildman–Crippen LogP) is 2.69. The SMILES string of the molecule is O=C(O)C1(c2ccccc2OC2CSC2)CCC1. The van der Waals surface area contributed by atoms with Gasteiger partial charge < -0.3 is 9.84 Å². The van der Waals surface area contributed by atoms with Gasteiger partial charge in [0.1, 0.15) is 11.9 Å². The molecule has 0 radical (unpaired) electrons. The zero-order valence-corrected chi connectivity index (χ0v) is 10.9. The minimum atomic E-state index is -0.715. The lowest BCUT2D eigenvalue weighted by atomic mass is 9.64. The van der Waals surface area contributed by atoms with E-state index in [2.05, 4.69) is 0 Å². The summed E-state index contributed by atoms with van der Waals surface area (Å²) in [6.45, 7) is 0. The molecule has 1 aliphatic carbocycles. The van der Waals surface area contributed by atoms with Crippen LogP contribution in [-0.4, -0.2) is 28.7 Å². The Bertz CT molecular complexity index is 464. The van der Waals surface area contributed by atoms with Crippen molar-refractivity contribution in [2.24, 2.45) is 0 Å². The van der Waals surface area contributed by atoms with E-state index in [1.807, 2.05) is 36.0 Å². The summed E-state index contributed by atoms with van der Waals surface area (Å²) >= 11 is 1.86. The first-order valence-corrected chi connectivity index (χ1v) is 7.45. The molecule has 0 aromatic heterocycles. The summed E-state index contributed by atoms with van der Waals surface area (Å²) in [4.78, 5) is 11.6. The van der Waals surface area contributed by atoms with Crippen molar-refractivity contribution in [3.63, 3.8) is 0 Å². The summed E-state index contributed by atoms with van der Waals surface area (Å²) in [6.07, 6.45) is 2.69. The molecular weight excluding hydrogens is 248 g/mol. The Hall–Kier alpha value is -1.16. The third-order valence-corrected chi connectivity index (χ3v) is 5.14. The van der Waals surface area contributed by atoms with Crippen LogP contribution in [0.5, 0.6) is 5.75 Å². The second-order valence-electron chi connectivity index (χ2n) is 5.01. The molecule has 1 N–H and O–H groups in total. The molecule has 0 atom stereocenters. The van der Waals surface area contributed by atoms with Gasteiger partial charge in [0.05, 0.1) is 5.41 Å². The molecule has 3 nitrogen and oxygen atoms in total. The number of rotatable bonds is 4. The average Bonchev–Trinajstić information content (AvgIpc) is 2.23. The minimum absolute atomic E-state index is 0.252. The highest BCUT2D eigenvalue weighted by Crippen LogP contribution is 2.47. The van der Waals surface area contributed by atoms with Crippen molar-refractivity contribution in [1.82, 2.24) is 0 Å². The van der Waals surface area contributed by atoms with Gasteiger partial charge in [-0.05, 0) is 18.9 Å². The summed E-state index contributed by atoms with van der Waals surface area (Å²) in [5.41, 5.74) is 0.161. The number of aliphatic carboxylic acids is 1. The van der Waals surface area contributed by atoms with Gasteiger partial charge in [-0.2, -0.15) is 11.8 Å². The maximum Gasteiger partial charge on any atom is 0.314 e. The van der Waals surface area contributed by atoms with Crippen LogP contribution >= 0.6 is 11.8 Å². The van der Waals surface area contributed by atoms with Crippen LogP contribution in [0.4, 0.5) is 0 Å². The fourth-order valence-corrected chi connectivity index (χ4v) is 3.12. The molecule has 2 fully saturated rings. The van der Waals surface area contributed by atoms with E-state index in [0.29, 0.717) is 0 Å². The molecule has 0 bridgehead atoms. The third-order valence-electron chi connectivity index (χ3n) is 3.92. The predicted molar refractivity (Wildman–Crippen MR) is 71.3 cm³/mol. The first kappa shape index (κ1) is 11.9. The first-order valence-electron chi connectivity index (χ1n) is 6.30. The number of thioether (sulfide) groups is 1. The summed E-state index contributed by atoms with van der Waals surface area (Å²) in [5.74, 6) is 2.07. The Kier molecular flexibility index (Phi) is 2.98. The van der Waals surface area contributed by atoms with Crippen molar-refractivity contribution in [1.29, 1.82) is 0 Å². The van der Waals surface area contributed by atoms with Crippen LogP contribution in [0, 0.1) is 0 Å². The second-order valence-corrected chi connectivity index (χ2v) is 6.09. The van der Waals surface area contributed by atoms with Crippen molar-refractivity contribution in [2.45, 2.75) is 30.8 Å². The molecule has 1 saturated carbocycles. The highest BCUT2D eigenvalue weighted by atomic mass is 32.2. The van der Waals surface area contributed by atoms with Gasteiger partial charge in [-0.3, -0.25) is 4.79 Å². The first-order chi connectivity index (χ1) is 8.72. The number of para-hydroxylation sites is 1. The molecule has 2 aliphatic rings. The van der Waals surface area contributed by atoms with Crippen molar-refractivity contribution in [3.05, 3.63) is 29.8 Å². The van der Waals surface area contributed by atoms with E-state index in [9.17, 15) is 9.90 Å². The Labute approximate surface area is 111 Å². The molecule has 18 heavy (non-hydrogen) atoms. The van der Waals surface area contributed by atoms with E-state index in [1.165, 1.54) is 0 Å². The standard InChI is InChI=1S/C14H16O3S/c15-13(16)14(6-3-7-14)11-4-1-2-5-12(11)17-10-8-18-9-10/h1-2,4-5,10H,3,6-9H2,(H,15,16). The van der Waals surface area contributed by atoms with Crippen LogP contribution < -0.4 is 4.74 Å². The highest BCUT2D eigenvalue weighted by Gasteiger charge is 2.47. The number of benzene rings is 1. The monoisotopic (exact) mass is 264 g/mol. The van der Waals surface area contributed by atoms with Gasteiger partial charge in [0, 0.05) is 17.1 Å². The van der Waals surface area contributed by atoms with Crippen molar-refractivity contribution < 1.29 is 14.6 Å². The number of ether oxygens (including phenoxy) is 1. The summed E-state index contributed by atoms with van der Waals surface area (Å²) < 4.78 is 5.93. The zero-order valence-electron chi connectivity index (χ0n) is 10.1. The van der Waals surface area contributed by atoms with Crippen LogP contribution in [-0.2, 0) is 10.2 Å². The second kappa shape index (κ2) is 4.50. The molecule has 1 saturated heterocycles. The fraction of sp³-hybridized carbons (Fsp3) is 0.500. The average molecular weight is 264 g/mol. The number of carbonyl (C=O) groups is 1. The van der Waals surface area contributed by atoms with Gasteiger partial charge in [-0.15, -0.1) is 0 Å². The maximum absolute atomic E-state index is 11.6. The normalized spacial score (nSPS) is 21.8. The number of carboxylic acids is 1. The Balaban J connectivity index is 1.92. The smallest absolute Gasteiger partial charge is 0.314 e. The van der Waals surface area contributed by atoms with Crippen molar-refractivity contribution >= 4 is 17.7 Å². The molecule has 1 aliphatic heterocycles. The summed E-state index contributed by atoms with van der Waals surface area (Å²) in [5, 5.41) is 9.51. The molecule has 1 heterocycles.